The molecule has 0 aliphatic carbocycles. The Morgan fingerprint density at radius 2 is 1.75 bits per heavy atom. The maximum Gasteiger partial charge on any atom is 0.0844 e. The molecule has 0 aliphatic heterocycles. The molecule has 0 aromatic rings. The summed E-state index contributed by atoms with van der Waals surface area (Å²) >= 11 is 0. The summed E-state index contributed by atoms with van der Waals surface area (Å²) < 4.78 is 9.23. The van der Waals surface area contributed by atoms with E-state index in [2.05, 4.69) is 16.1 Å². The van der Waals surface area contributed by atoms with Gasteiger partial charge in [0.05, 0.1) is 39.3 Å². The summed E-state index contributed by atoms with van der Waals surface area (Å²) in [5.41, 5.74) is 0. The van der Waals surface area contributed by atoms with E-state index in [1.54, 1.807) is 0 Å². The van der Waals surface area contributed by atoms with Crippen LogP contribution in [0.5, 0.6) is 0 Å². The Labute approximate surface area is 73.4 Å². The highest BCUT2D eigenvalue weighted by molar-refractivity contribution is 4.45. The summed E-state index contributed by atoms with van der Waals surface area (Å²) in [7, 11) is 0. The third-order valence-electron chi connectivity index (χ3n) is 0.756. The van der Waals surface area contributed by atoms with Crippen LogP contribution in [0.3, 0.4) is 0 Å². The molecule has 0 saturated carbocycles. The van der Waals surface area contributed by atoms with Crippen molar-refractivity contribution in [3.8, 4) is 0 Å². The Morgan fingerprint density at radius 1 is 1.25 bits per heavy atom. The van der Waals surface area contributed by atoms with E-state index in [1.807, 2.05) is 6.92 Å². The van der Waals surface area contributed by atoms with Crippen LogP contribution in [0.15, 0.2) is 12.8 Å². The Bertz CT molecular complexity index is 71.5. The van der Waals surface area contributed by atoms with Crippen LogP contribution in [-0.4, -0.2) is 43.2 Å². The number of rotatable bonds is 6. The van der Waals surface area contributed by atoms with Gasteiger partial charge in [0.25, 0.3) is 0 Å². The highest BCUT2D eigenvalue weighted by atomic mass is 16.5. The van der Waals surface area contributed by atoms with Crippen LogP contribution in [0.1, 0.15) is 6.92 Å². The van der Waals surface area contributed by atoms with Gasteiger partial charge in [0.1, 0.15) is 0 Å². The van der Waals surface area contributed by atoms with Gasteiger partial charge in [-0.3, -0.25) is 0 Å². The van der Waals surface area contributed by atoms with E-state index in [1.165, 1.54) is 6.26 Å². The zero-order valence-electron chi connectivity index (χ0n) is 7.53. The molecule has 0 radical (unpaired) electrons. The first-order chi connectivity index (χ1) is 5.83. The minimum absolute atomic E-state index is 0.0278. The Morgan fingerprint density at radius 3 is 1.92 bits per heavy atom. The molecule has 0 saturated heterocycles. The van der Waals surface area contributed by atoms with Crippen molar-refractivity contribution in [2.75, 3.05) is 33.0 Å². The first-order valence-electron chi connectivity index (χ1n) is 3.85. The van der Waals surface area contributed by atoms with Crippen molar-refractivity contribution in [3.05, 3.63) is 12.8 Å². The van der Waals surface area contributed by atoms with E-state index >= 15 is 0 Å². The third kappa shape index (κ3) is 22.7. The van der Waals surface area contributed by atoms with E-state index in [4.69, 9.17) is 10.2 Å². The zero-order chi connectivity index (χ0) is 9.66. The minimum Gasteiger partial charge on any atom is -0.502 e. The highest BCUT2D eigenvalue weighted by Gasteiger charge is 1.79. The van der Waals surface area contributed by atoms with Crippen molar-refractivity contribution < 1.29 is 19.7 Å². The predicted molar refractivity (Wildman–Crippen MR) is 46.8 cm³/mol. The first kappa shape index (κ1) is 14.0. The molecular formula is C8H18O4. The lowest BCUT2D eigenvalue weighted by molar-refractivity contribution is 0.0650. The van der Waals surface area contributed by atoms with Crippen molar-refractivity contribution >= 4 is 0 Å². The lowest BCUT2D eigenvalue weighted by Gasteiger charge is -1.94. The van der Waals surface area contributed by atoms with Crippen LogP contribution in [0.4, 0.5) is 0 Å². The highest BCUT2D eigenvalue weighted by Crippen LogP contribution is 1.68. The summed E-state index contributed by atoms with van der Waals surface area (Å²) in [5.74, 6) is 0. The molecule has 0 aliphatic rings. The standard InChI is InChI=1S/C4H10O3.C4H8O/c5-1-3-7-4-2-6;1-3-5-4-2/h5-6H,1-4H2;3H,1,4H2,2H3. The van der Waals surface area contributed by atoms with Gasteiger partial charge in [-0.15, -0.1) is 0 Å². The topological polar surface area (TPSA) is 58.9 Å². The number of ether oxygens (including phenoxy) is 2. The molecule has 0 fully saturated rings. The van der Waals surface area contributed by atoms with Crippen LogP contribution in [0.2, 0.25) is 0 Å². The van der Waals surface area contributed by atoms with Crippen LogP contribution in [0.25, 0.3) is 0 Å². The van der Waals surface area contributed by atoms with Crippen molar-refractivity contribution in [2.24, 2.45) is 0 Å². The first-order valence-corrected chi connectivity index (χ1v) is 3.85. The zero-order valence-corrected chi connectivity index (χ0v) is 7.53. The summed E-state index contributed by atoms with van der Waals surface area (Å²) in [6.45, 7) is 6.67. The Balaban J connectivity index is 0. The van der Waals surface area contributed by atoms with Crippen LogP contribution in [-0.2, 0) is 9.47 Å². The number of hydrogen-bond donors (Lipinski definition) is 2. The molecule has 0 atom stereocenters. The van der Waals surface area contributed by atoms with Crippen molar-refractivity contribution in [1.82, 2.24) is 0 Å². The molecule has 4 nitrogen and oxygen atoms in total. The second-order valence-electron chi connectivity index (χ2n) is 1.68. The van der Waals surface area contributed by atoms with Crippen molar-refractivity contribution in [1.29, 1.82) is 0 Å². The monoisotopic (exact) mass is 178 g/mol. The van der Waals surface area contributed by atoms with Crippen LogP contribution >= 0.6 is 0 Å². The molecule has 2 N–H and O–H groups in total. The molecule has 0 aromatic heterocycles. The molecule has 74 valence electrons. The van der Waals surface area contributed by atoms with Crippen molar-refractivity contribution in [2.45, 2.75) is 6.92 Å². The van der Waals surface area contributed by atoms with E-state index < -0.39 is 0 Å². The number of aliphatic hydroxyl groups is 2. The van der Waals surface area contributed by atoms with Gasteiger partial charge in [0.15, 0.2) is 0 Å². The van der Waals surface area contributed by atoms with Gasteiger partial charge >= 0.3 is 0 Å². The molecule has 0 unspecified atom stereocenters. The lowest BCUT2D eigenvalue weighted by atomic mass is 10.7. The molecular weight excluding hydrogens is 160 g/mol. The van der Waals surface area contributed by atoms with Gasteiger partial charge < -0.3 is 19.7 Å². The molecule has 12 heavy (non-hydrogen) atoms. The largest absolute Gasteiger partial charge is 0.502 e. The smallest absolute Gasteiger partial charge is 0.0844 e. The fourth-order valence-electron chi connectivity index (χ4n) is 0.349. The Hall–Kier alpha value is -0.580. The lowest BCUT2D eigenvalue weighted by Crippen LogP contribution is -2.03. The van der Waals surface area contributed by atoms with E-state index in [9.17, 15) is 0 Å². The second-order valence-corrected chi connectivity index (χ2v) is 1.68. The third-order valence-corrected chi connectivity index (χ3v) is 0.756. The summed E-state index contributed by atoms with van der Waals surface area (Å²) in [5, 5.41) is 16.2. The fourth-order valence-corrected chi connectivity index (χ4v) is 0.349. The average molecular weight is 178 g/mol. The fraction of sp³-hybridized carbons (Fsp3) is 0.750. The summed E-state index contributed by atoms with van der Waals surface area (Å²) in [6, 6.07) is 0. The number of hydrogen-bond acceptors (Lipinski definition) is 4. The molecule has 0 amide bonds. The maximum atomic E-state index is 8.09. The average Bonchev–Trinajstić information content (AvgIpc) is 2.08. The SMILES string of the molecule is C=COCC.OCCOCCO. The summed E-state index contributed by atoms with van der Waals surface area (Å²) in [6.07, 6.45) is 1.43. The van der Waals surface area contributed by atoms with Gasteiger partial charge in [0, 0.05) is 0 Å². The van der Waals surface area contributed by atoms with Crippen LogP contribution in [0, 0.1) is 0 Å². The van der Waals surface area contributed by atoms with Gasteiger partial charge in [-0.25, -0.2) is 0 Å². The van der Waals surface area contributed by atoms with Gasteiger partial charge in [-0.05, 0) is 6.92 Å². The maximum absolute atomic E-state index is 8.09. The molecule has 0 aromatic carbocycles. The molecule has 0 spiro atoms. The Kier molecular flexibility index (Phi) is 19.6. The molecule has 0 heterocycles. The van der Waals surface area contributed by atoms with Gasteiger partial charge in [0.2, 0.25) is 0 Å². The van der Waals surface area contributed by atoms with E-state index in [0.29, 0.717) is 13.2 Å². The van der Waals surface area contributed by atoms with E-state index in [0.717, 1.165) is 6.61 Å². The second kappa shape index (κ2) is 16.8. The molecule has 4 heteroatoms. The van der Waals surface area contributed by atoms with Gasteiger partial charge in [-0.1, -0.05) is 6.58 Å². The number of aliphatic hydroxyl groups excluding tert-OH is 2. The quantitative estimate of drug-likeness (QED) is 0.449. The predicted octanol–water partition coefficient (Wildman–Crippen LogP) is 0.154. The normalized spacial score (nSPS) is 8.25. The van der Waals surface area contributed by atoms with Gasteiger partial charge in [-0.2, -0.15) is 0 Å². The molecule has 0 bridgehead atoms. The molecule has 0 rings (SSSR count). The van der Waals surface area contributed by atoms with Crippen LogP contribution < -0.4 is 0 Å². The summed E-state index contributed by atoms with van der Waals surface area (Å²) in [4.78, 5) is 0. The van der Waals surface area contributed by atoms with Crippen molar-refractivity contribution in [3.63, 3.8) is 0 Å². The minimum atomic E-state index is 0.0278. The van der Waals surface area contributed by atoms with E-state index in [-0.39, 0.29) is 13.2 Å².